The molecule has 3 heteroatoms. The molecule has 1 saturated heterocycles. The molecule has 3 nitrogen and oxygen atoms in total. The average molecular weight is 201 g/mol. The average Bonchev–Trinajstić information content (AvgIpc) is 2.56. The second-order valence-corrected chi connectivity index (χ2v) is 4.33. The lowest BCUT2D eigenvalue weighted by Gasteiger charge is -2.26. The van der Waals surface area contributed by atoms with E-state index in [0.29, 0.717) is 0 Å². The molecule has 0 atom stereocenters. The van der Waals surface area contributed by atoms with Gasteiger partial charge in [-0.15, -0.1) is 0 Å². The topological polar surface area (TPSA) is 29.3 Å². The molecular formula is C12H15N3. The van der Waals surface area contributed by atoms with Gasteiger partial charge in [0, 0.05) is 12.1 Å². The van der Waals surface area contributed by atoms with Crippen molar-refractivity contribution in [2.45, 2.75) is 13.3 Å². The van der Waals surface area contributed by atoms with Crippen molar-refractivity contribution in [3.05, 3.63) is 35.9 Å². The molecule has 0 unspecified atom stereocenters. The summed E-state index contributed by atoms with van der Waals surface area (Å²) >= 11 is 0. The van der Waals surface area contributed by atoms with E-state index >= 15 is 0 Å². The van der Waals surface area contributed by atoms with E-state index in [9.17, 15) is 0 Å². The van der Waals surface area contributed by atoms with E-state index in [1.165, 1.54) is 17.0 Å². The van der Waals surface area contributed by atoms with Gasteiger partial charge in [0.1, 0.15) is 5.82 Å². The summed E-state index contributed by atoms with van der Waals surface area (Å²) in [7, 11) is 0. The first-order chi connectivity index (χ1) is 7.34. The molecule has 1 aliphatic rings. The van der Waals surface area contributed by atoms with Crippen molar-refractivity contribution in [3.8, 4) is 0 Å². The Morgan fingerprint density at radius 3 is 3.07 bits per heavy atom. The lowest BCUT2D eigenvalue weighted by molar-refractivity contribution is 0.340. The zero-order valence-electron chi connectivity index (χ0n) is 8.90. The molecular weight excluding hydrogens is 186 g/mol. The van der Waals surface area contributed by atoms with Gasteiger partial charge >= 0.3 is 0 Å². The molecule has 0 aromatic carbocycles. The maximum Gasteiger partial charge on any atom is 0.113 e. The van der Waals surface area contributed by atoms with Gasteiger partial charge in [-0.2, -0.15) is 0 Å². The van der Waals surface area contributed by atoms with Gasteiger partial charge in [0.2, 0.25) is 0 Å². The Labute approximate surface area is 89.1 Å². The summed E-state index contributed by atoms with van der Waals surface area (Å²) in [4.78, 5) is 4.51. The summed E-state index contributed by atoms with van der Waals surface area (Å²) in [6.45, 7) is 4.42. The Balaban J connectivity index is 2.02. The van der Waals surface area contributed by atoms with Gasteiger partial charge in [-0.05, 0) is 38.1 Å². The highest BCUT2D eigenvalue weighted by atomic mass is 15.0. The molecule has 0 spiro atoms. The van der Waals surface area contributed by atoms with Crippen LogP contribution in [0.1, 0.15) is 11.5 Å². The van der Waals surface area contributed by atoms with E-state index in [0.717, 1.165) is 25.4 Å². The standard InChI is InChI=1S/C12H15N3/c1-9-3-2-4-11-8-14-12(15(9)11)5-10-6-13-7-10/h2-4,8,10,13H,5-7H2,1H3. The van der Waals surface area contributed by atoms with E-state index in [-0.39, 0.29) is 0 Å². The molecule has 78 valence electrons. The lowest BCUT2D eigenvalue weighted by Crippen LogP contribution is -2.43. The molecule has 15 heavy (non-hydrogen) atoms. The number of aryl methyl sites for hydroxylation is 1. The Morgan fingerprint density at radius 1 is 1.47 bits per heavy atom. The maximum absolute atomic E-state index is 4.51. The molecule has 0 radical (unpaired) electrons. The smallest absolute Gasteiger partial charge is 0.113 e. The van der Waals surface area contributed by atoms with Crippen LogP contribution in [0.4, 0.5) is 0 Å². The van der Waals surface area contributed by atoms with Crippen LogP contribution in [0.2, 0.25) is 0 Å². The summed E-state index contributed by atoms with van der Waals surface area (Å²) in [6.07, 6.45) is 3.06. The van der Waals surface area contributed by atoms with Crippen LogP contribution < -0.4 is 5.32 Å². The Bertz CT molecular complexity index is 483. The molecule has 2 aromatic heterocycles. The van der Waals surface area contributed by atoms with Crippen LogP contribution in [0, 0.1) is 12.8 Å². The molecule has 3 heterocycles. The van der Waals surface area contributed by atoms with Crippen LogP contribution >= 0.6 is 0 Å². The summed E-state index contributed by atoms with van der Waals surface area (Å²) in [6, 6.07) is 6.33. The van der Waals surface area contributed by atoms with Crippen LogP contribution in [0.15, 0.2) is 24.4 Å². The van der Waals surface area contributed by atoms with Gasteiger partial charge in [0.15, 0.2) is 0 Å². The van der Waals surface area contributed by atoms with E-state index < -0.39 is 0 Å². The van der Waals surface area contributed by atoms with Crippen molar-refractivity contribution in [3.63, 3.8) is 0 Å². The molecule has 0 saturated carbocycles. The van der Waals surface area contributed by atoms with Gasteiger partial charge in [-0.1, -0.05) is 6.07 Å². The number of pyridine rings is 1. The summed E-state index contributed by atoms with van der Waals surface area (Å²) in [5.74, 6) is 1.98. The highest BCUT2D eigenvalue weighted by molar-refractivity contribution is 5.47. The fourth-order valence-electron chi connectivity index (χ4n) is 2.19. The number of rotatable bonds is 2. The summed E-state index contributed by atoms with van der Waals surface area (Å²) < 4.78 is 2.26. The van der Waals surface area contributed by atoms with Crippen LogP contribution in [-0.2, 0) is 6.42 Å². The second-order valence-electron chi connectivity index (χ2n) is 4.33. The molecule has 1 fully saturated rings. The molecule has 3 rings (SSSR count). The highest BCUT2D eigenvalue weighted by Gasteiger charge is 2.19. The quantitative estimate of drug-likeness (QED) is 0.796. The Hall–Kier alpha value is -1.35. The fourth-order valence-corrected chi connectivity index (χ4v) is 2.19. The van der Waals surface area contributed by atoms with Gasteiger partial charge < -0.3 is 9.72 Å². The van der Waals surface area contributed by atoms with Crippen LogP contribution in [0.5, 0.6) is 0 Å². The zero-order valence-corrected chi connectivity index (χ0v) is 8.90. The monoisotopic (exact) mass is 201 g/mol. The number of hydrogen-bond donors (Lipinski definition) is 1. The third-order valence-electron chi connectivity index (χ3n) is 3.16. The van der Waals surface area contributed by atoms with E-state index in [2.05, 4.69) is 39.8 Å². The first kappa shape index (κ1) is 8.92. The first-order valence-corrected chi connectivity index (χ1v) is 5.47. The number of nitrogens with one attached hydrogen (secondary N) is 1. The molecule has 1 N–H and O–H groups in total. The predicted octanol–water partition coefficient (Wildman–Crippen LogP) is 1.40. The minimum absolute atomic E-state index is 0.773. The zero-order chi connectivity index (χ0) is 10.3. The van der Waals surface area contributed by atoms with E-state index in [4.69, 9.17) is 0 Å². The SMILES string of the molecule is Cc1cccc2cnc(CC3CNC3)n12. The second kappa shape index (κ2) is 3.35. The number of nitrogens with zero attached hydrogens (tertiary/aromatic N) is 2. The number of aromatic nitrogens is 2. The summed E-state index contributed by atoms with van der Waals surface area (Å²) in [5.41, 5.74) is 2.48. The van der Waals surface area contributed by atoms with E-state index in [1.807, 2.05) is 6.20 Å². The molecule has 0 aliphatic carbocycles. The van der Waals surface area contributed by atoms with Crippen molar-refractivity contribution in [1.82, 2.24) is 14.7 Å². The minimum atomic E-state index is 0.773. The molecule has 0 bridgehead atoms. The Kier molecular flexibility index (Phi) is 1.99. The molecule has 2 aromatic rings. The van der Waals surface area contributed by atoms with Gasteiger partial charge in [-0.3, -0.25) is 0 Å². The first-order valence-electron chi connectivity index (χ1n) is 5.47. The van der Waals surface area contributed by atoms with Crippen LogP contribution in [0.3, 0.4) is 0 Å². The lowest BCUT2D eigenvalue weighted by atomic mass is 9.99. The van der Waals surface area contributed by atoms with Gasteiger partial charge in [0.25, 0.3) is 0 Å². The predicted molar refractivity (Wildman–Crippen MR) is 60.0 cm³/mol. The fraction of sp³-hybridized carbons (Fsp3) is 0.417. The van der Waals surface area contributed by atoms with Gasteiger partial charge in [0.05, 0.1) is 11.7 Å². The minimum Gasteiger partial charge on any atom is -0.316 e. The van der Waals surface area contributed by atoms with Gasteiger partial charge in [-0.25, -0.2) is 4.98 Å². The highest BCUT2D eigenvalue weighted by Crippen LogP contribution is 2.15. The largest absolute Gasteiger partial charge is 0.316 e. The number of hydrogen-bond acceptors (Lipinski definition) is 2. The third-order valence-corrected chi connectivity index (χ3v) is 3.16. The normalized spacial score (nSPS) is 16.9. The van der Waals surface area contributed by atoms with E-state index in [1.54, 1.807) is 0 Å². The van der Waals surface area contributed by atoms with Crippen molar-refractivity contribution >= 4 is 5.52 Å². The van der Waals surface area contributed by atoms with Crippen molar-refractivity contribution in [2.24, 2.45) is 5.92 Å². The Morgan fingerprint density at radius 2 is 2.33 bits per heavy atom. The van der Waals surface area contributed by atoms with Crippen molar-refractivity contribution in [1.29, 1.82) is 0 Å². The van der Waals surface area contributed by atoms with Crippen molar-refractivity contribution in [2.75, 3.05) is 13.1 Å². The molecule has 1 aliphatic heterocycles. The van der Waals surface area contributed by atoms with Crippen LogP contribution in [0.25, 0.3) is 5.52 Å². The van der Waals surface area contributed by atoms with Crippen molar-refractivity contribution < 1.29 is 0 Å². The van der Waals surface area contributed by atoms with Crippen LogP contribution in [-0.4, -0.2) is 22.5 Å². The third kappa shape index (κ3) is 1.43. The number of fused-ring (bicyclic) bond motifs is 1. The summed E-state index contributed by atoms with van der Waals surface area (Å²) in [5, 5.41) is 3.30. The molecule has 0 amide bonds. The number of imidazole rings is 1. The maximum atomic E-state index is 4.51.